The second kappa shape index (κ2) is 9.35. The first-order valence-electron chi connectivity index (χ1n) is 9.63. The Hall–Kier alpha value is -2.79. The van der Waals surface area contributed by atoms with Crippen LogP contribution in [0.5, 0.6) is 0 Å². The maximum absolute atomic E-state index is 14.0. The van der Waals surface area contributed by atoms with E-state index in [0.29, 0.717) is 5.69 Å². The summed E-state index contributed by atoms with van der Waals surface area (Å²) >= 11 is 6.23. The highest BCUT2D eigenvalue weighted by Crippen LogP contribution is 2.31. The Bertz CT molecular complexity index is 1020. The van der Waals surface area contributed by atoms with Crippen molar-refractivity contribution in [3.63, 3.8) is 0 Å². The summed E-state index contributed by atoms with van der Waals surface area (Å²) in [6, 6.07) is 6.90. The molecule has 6 nitrogen and oxygen atoms in total. The number of carbonyl (C=O) groups excluding carboxylic acids is 1. The molecule has 0 atom stereocenters. The van der Waals surface area contributed by atoms with Crippen LogP contribution in [0.3, 0.4) is 0 Å². The van der Waals surface area contributed by atoms with Crippen molar-refractivity contribution in [2.45, 2.75) is 6.92 Å². The number of rotatable bonds is 3. The monoisotopic (exact) mass is 429 g/mol. The maximum atomic E-state index is 14.0. The van der Waals surface area contributed by atoms with E-state index in [4.69, 9.17) is 23.1 Å². The third kappa shape index (κ3) is 4.68. The van der Waals surface area contributed by atoms with Crippen molar-refractivity contribution >= 4 is 34.6 Å². The zero-order valence-corrected chi connectivity index (χ0v) is 17.8. The minimum atomic E-state index is -0.617. The van der Waals surface area contributed by atoms with Gasteiger partial charge in [-0.15, -0.1) is 0 Å². The van der Waals surface area contributed by atoms with Crippen molar-refractivity contribution in [2.24, 2.45) is 5.73 Å². The summed E-state index contributed by atoms with van der Waals surface area (Å²) in [4.78, 5) is 17.5. The second-order valence-electron chi connectivity index (χ2n) is 7.25. The largest absolute Gasteiger partial charge is 0.396 e. The molecule has 2 aromatic rings. The lowest BCUT2D eigenvalue weighted by atomic mass is 10.1. The Balaban J connectivity index is 1.97. The van der Waals surface area contributed by atoms with E-state index in [1.807, 2.05) is 18.2 Å². The second-order valence-corrected chi connectivity index (χ2v) is 7.63. The van der Waals surface area contributed by atoms with Gasteiger partial charge in [-0.25, -0.2) is 4.39 Å². The van der Waals surface area contributed by atoms with Crippen LogP contribution >= 0.6 is 11.6 Å². The van der Waals surface area contributed by atoms with Crippen LogP contribution in [-0.2, 0) is 0 Å². The first kappa shape index (κ1) is 21.9. The third-order valence-electron chi connectivity index (χ3n) is 5.12. The quantitative estimate of drug-likeness (QED) is 0.515. The number of piperazine rings is 1. The molecule has 0 saturated carbocycles. The Morgan fingerprint density at radius 2 is 1.97 bits per heavy atom. The molecule has 0 aliphatic carbocycles. The molecule has 2 aromatic carbocycles. The fourth-order valence-corrected chi connectivity index (χ4v) is 3.57. The number of anilines is 3. The smallest absolute Gasteiger partial charge is 0.257 e. The zero-order valence-electron chi connectivity index (χ0n) is 17.1. The van der Waals surface area contributed by atoms with Crippen LogP contribution in [-0.4, -0.2) is 50.6 Å². The van der Waals surface area contributed by atoms with Gasteiger partial charge in [0, 0.05) is 37.3 Å². The topological polar surface area (TPSA) is 87.6 Å². The zero-order chi connectivity index (χ0) is 21.8. The maximum Gasteiger partial charge on any atom is 0.257 e. The standard InChI is InChI=1S/C22H25ClFN5O/c1-14-20(23)16(13-17(26)21(14)24)22(30)27-18-12-15(4-3-7-25)5-6-19(18)29-10-8-28(2)9-11-29/h5-6,12-13H,7-11,25-26H2,1-2H3,(H,27,30). The van der Waals surface area contributed by atoms with Crippen molar-refractivity contribution in [1.29, 1.82) is 0 Å². The number of hydrogen-bond acceptors (Lipinski definition) is 5. The molecule has 8 heteroatoms. The van der Waals surface area contributed by atoms with Gasteiger partial charge in [0.2, 0.25) is 0 Å². The number of nitrogens with zero attached hydrogens (tertiary/aromatic N) is 2. The first-order chi connectivity index (χ1) is 14.3. The van der Waals surface area contributed by atoms with Gasteiger partial charge in [0.1, 0.15) is 0 Å². The van der Waals surface area contributed by atoms with Gasteiger partial charge < -0.3 is 26.6 Å². The van der Waals surface area contributed by atoms with Gasteiger partial charge in [0.05, 0.1) is 34.2 Å². The van der Waals surface area contributed by atoms with Crippen LogP contribution in [0.2, 0.25) is 5.02 Å². The molecule has 0 aromatic heterocycles. The minimum absolute atomic E-state index is 0.0411. The highest BCUT2D eigenvalue weighted by atomic mass is 35.5. The lowest BCUT2D eigenvalue weighted by molar-refractivity contribution is 0.102. The summed E-state index contributed by atoms with van der Waals surface area (Å²) in [5, 5.41) is 2.95. The summed E-state index contributed by atoms with van der Waals surface area (Å²) in [6.07, 6.45) is 0. The molecule has 0 unspecified atom stereocenters. The molecule has 1 amide bonds. The summed E-state index contributed by atoms with van der Waals surface area (Å²) < 4.78 is 14.0. The van der Waals surface area contributed by atoms with Gasteiger partial charge in [-0.3, -0.25) is 4.79 Å². The number of benzene rings is 2. The van der Waals surface area contributed by atoms with E-state index < -0.39 is 11.7 Å². The summed E-state index contributed by atoms with van der Waals surface area (Å²) in [7, 11) is 2.08. The molecular formula is C22H25ClFN5O. The van der Waals surface area contributed by atoms with Crippen LogP contribution in [0.15, 0.2) is 24.3 Å². The number of amides is 1. The minimum Gasteiger partial charge on any atom is -0.396 e. The Morgan fingerprint density at radius 1 is 1.27 bits per heavy atom. The van der Waals surface area contributed by atoms with E-state index in [0.717, 1.165) is 37.4 Å². The van der Waals surface area contributed by atoms with Gasteiger partial charge in [0.25, 0.3) is 5.91 Å². The lowest BCUT2D eigenvalue weighted by Gasteiger charge is -2.35. The number of hydrogen-bond donors (Lipinski definition) is 3. The molecule has 3 rings (SSSR count). The number of nitrogen functional groups attached to an aromatic ring is 1. The van der Waals surface area contributed by atoms with E-state index in [9.17, 15) is 9.18 Å². The molecular weight excluding hydrogens is 405 g/mol. The Kier molecular flexibility index (Phi) is 6.83. The number of likely N-dealkylation sites (N-methyl/N-ethyl adjacent to an activating group) is 1. The number of halogens is 2. The van der Waals surface area contributed by atoms with E-state index in [1.165, 1.54) is 13.0 Å². The molecule has 0 bridgehead atoms. The first-order valence-corrected chi connectivity index (χ1v) is 10.0. The Morgan fingerprint density at radius 3 is 2.63 bits per heavy atom. The summed E-state index contributed by atoms with van der Waals surface area (Å²) in [5.41, 5.74) is 13.5. The fourth-order valence-electron chi connectivity index (χ4n) is 3.34. The van der Waals surface area contributed by atoms with Crippen molar-refractivity contribution in [2.75, 3.05) is 55.7 Å². The number of nitrogens with one attached hydrogen (secondary N) is 1. The predicted molar refractivity (Wildman–Crippen MR) is 121 cm³/mol. The van der Waals surface area contributed by atoms with Crippen molar-refractivity contribution in [3.8, 4) is 11.8 Å². The molecule has 30 heavy (non-hydrogen) atoms. The van der Waals surface area contributed by atoms with Crippen molar-refractivity contribution < 1.29 is 9.18 Å². The van der Waals surface area contributed by atoms with Gasteiger partial charge in [-0.1, -0.05) is 23.4 Å². The van der Waals surface area contributed by atoms with E-state index in [1.54, 1.807) is 0 Å². The highest BCUT2D eigenvalue weighted by Gasteiger charge is 2.21. The average molecular weight is 430 g/mol. The SMILES string of the molecule is Cc1c(F)c(N)cc(C(=O)Nc2cc(C#CCN)ccc2N2CCN(C)CC2)c1Cl. The number of nitrogens with two attached hydrogens (primary N) is 2. The average Bonchev–Trinajstić information content (AvgIpc) is 2.74. The Labute approximate surface area is 181 Å². The molecule has 0 radical (unpaired) electrons. The van der Waals surface area contributed by atoms with Crippen LogP contribution < -0.4 is 21.7 Å². The highest BCUT2D eigenvalue weighted by molar-refractivity contribution is 6.35. The third-order valence-corrected chi connectivity index (χ3v) is 5.60. The van der Waals surface area contributed by atoms with Crippen LogP contribution in [0.1, 0.15) is 21.5 Å². The van der Waals surface area contributed by atoms with Gasteiger partial charge in [-0.05, 0) is 38.2 Å². The molecule has 5 N–H and O–H groups in total. The van der Waals surface area contributed by atoms with Gasteiger partial charge >= 0.3 is 0 Å². The van der Waals surface area contributed by atoms with E-state index in [-0.39, 0.29) is 28.4 Å². The van der Waals surface area contributed by atoms with E-state index in [2.05, 4.69) is 34.0 Å². The molecule has 1 aliphatic rings. The van der Waals surface area contributed by atoms with Crippen molar-refractivity contribution in [1.82, 2.24) is 4.90 Å². The summed E-state index contributed by atoms with van der Waals surface area (Å²) in [6.45, 7) is 5.23. The number of carbonyl (C=O) groups is 1. The normalized spacial score (nSPS) is 14.2. The van der Waals surface area contributed by atoms with Crippen molar-refractivity contribution in [3.05, 3.63) is 51.8 Å². The molecule has 1 fully saturated rings. The molecule has 0 spiro atoms. The van der Waals surface area contributed by atoms with E-state index >= 15 is 0 Å². The molecule has 1 aliphatic heterocycles. The van der Waals surface area contributed by atoms with Gasteiger partial charge in [-0.2, -0.15) is 0 Å². The summed E-state index contributed by atoms with van der Waals surface area (Å²) in [5.74, 6) is 4.72. The van der Waals surface area contributed by atoms with Crippen LogP contribution in [0.25, 0.3) is 0 Å². The lowest BCUT2D eigenvalue weighted by Crippen LogP contribution is -2.44. The van der Waals surface area contributed by atoms with Crippen LogP contribution in [0, 0.1) is 24.6 Å². The fraction of sp³-hybridized carbons (Fsp3) is 0.318. The molecule has 1 heterocycles. The predicted octanol–water partition coefficient (Wildman–Crippen LogP) is 2.68. The molecule has 1 saturated heterocycles. The molecule has 158 valence electrons. The van der Waals surface area contributed by atoms with Gasteiger partial charge in [0.15, 0.2) is 5.82 Å². The van der Waals surface area contributed by atoms with Crippen LogP contribution in [0.4, 0.5) is 21.5 Å².